The second kappa shape index (κ2) is 26.6. The maximum Gasteiger partial charge on any atom is 0.0227 e. The van der Waals surface area contributed by atoms with Gasteiger partial charge in [-0.15, -0.1) is 6.42 Å². The molecule has 0 spiro atoms. The van der Waals surface area contributed by atoms with Crippen molar-refractivity contribution in [1.82, 2.24) is 4.90 Å². The number of aryl methyl sites for hydroxylation is 1. The maximum atomic E-state index is 5.43. The second-order valence-electron chi connectivity index (χ2n) is 15.2. The number of unbranched alkanes of at least 4 members (excludes halogenated alkanes) is 10. The summed E-state index contributed by atoms with van der Waals surface area (Å²) in [6, 6.07) is 7.29. The number of rotatable bonds is 30. The minimum Gasteiger partial charge on any atom is -0.305 e. The number of hydrogen-bond acceptors (Lipinski definition) is 1. The summed E-state index contributed by atoms with van der Waals surface area (Å²) in [5, 5.41) is 0. The molecule has 2 unspecified atom stereocenters. The van der Waals surface area contributed by atoms with E-state index in [-0.39, 0.29) is 0 Å². The molecule has 0 aromatic heterocycles. The number of hydrogen-bond donors (Lipinski definition) is 0. The Morgan fingerprint density at radius 1 is 0.681 bits per heavy atom. The van der Waals surface area contributed by atoms with Crippen molar-refractivity contribution < 1.29 is 0 Å². The Morgan fingerprint density at radius 2 is 1.23 bits per heavy atom. The van der Waals surface area contributed by atoms with Gasteiger partial charge < -0.3 is 4.90 Å². The maximum absolute atomic E-state index is 5.43. The lowest BCUT2D eigenvalue weighted by Crippen LogP contribution is -2.12. The summed E-state index contributed by atoms with van der Waals surface area (Å²) in [4.78, 5) is 2.27. The van der Waals surface area contributed by atoms with Gasteiger partial charge in [0.2, 0.25) is 0 Å². The molecule has 1 aromatic carbocycles. The van der Waals surface area contributed by atoms with E-state index in [1.807, 2.05) is 0 Å². The fraction of sp³-hybridized carbons (Fsp3) is 0.652. The van der Waals surface area contributed by atoms with Gasteiger partial charge in [-0.2, -0.15) is 0 Å². The molecule has 0 aliphatic rings. The minimum atomic E-state index is 0.610. The van der Waals surface area contributed by atoms with Crippen LogP contribution >= 0.6 is 0 Å². The number of nitrogens with zero attached hydrogens (tertiary/aromatic N) is 1. The van der Waals surface area contributed by atoms with Crippen molar-refractivity contribution in [2.75, 3.05) is 14.1 Å². The van der Waals surface area contributed by atoms with E-state index < -0.39 is 0 Å². The Kier molecular flexibility index (Phi) is 24.2. The Bertz CT molecular complexity index is 1080. The average Bonchev–Trinajstić information content (AvgIpc) is 3.02. The highest BCUT2D eigenvalue weighted by Crippen LogP contribution is 2.25. The van der Waals surface area contributed by atoms with E-state index in [2.05, 4.69) is 90.2 Å². The predicted octanol–water partition coefficient (Wildman–Crippen LogP) is 13.8. The van der Waals surface area contributed by atoms with Crippen molar-refractivity contribution in [2.24, 2.45) is 11.8 Å². The minimum absolute atomic E-state index is 0.610. The first-order valence-corrected chi connectivity index (χ1v) is 19.5. The molecule has 0 aliphatic carbocycles. The first-order valence-electron chi connectivity index (χ1n) is 19.5. The molecule has 0 saturated heterocycles. The fourth-order valence-electron chi connectivity index (χ4n) is 6.80. The molecule has 2 atom stereocenters. The van der Waals surface area contributed by atoms with E-state index in [9.17, 15) is 0 Å². The normalized spacial score (nSPS) is 12.5. The van der Waals surface area contributed by atoms with Crippen LogP contribution in [0.25, 0.3) is 0 Å². The quantitative estimate of drug-likeness (QED) is 0.0459. The SMILES string of the molecule is C#CC(=C)CCCCC(=C)CCc1cc(CC(C)CC(=C)CCCCCCC(=C)C(C)CCCCCCCCC)cc(CN(C)C)c1. The van der Waals surface area contributed by atoms with E-state index in [1.165, 1.54) is 123 Å². The smallest absolute Gasteiger partial charge is 0.0227 e. The lowest BCUT2D eigenvalue weighted by Gasteiger charge is -2.17. The monoisotopic (exact) mass is 642 g/mol. The molecule has 0 aliphatic heterocycles. The fourth-order valence-corrected chi connectivity index (χ4v) is 6.80. The van der Waals surface area contributed by atoms with Gasteiger partial charge in [0.15, 0.2) is 0 Å². The Morgan fingerprint density at radius 3 is 1.91 bits per heavy atom. The molecule has 1 aromatic rings. The summed E-state index contributed by atoms with van der Waals surface area (Å²) in [6.45, 7) is 25.3. The summed E-state index contributed by atoms with van der Waals surface area (Å²) in [7, 11) is 4.31. The van der Waals surface area contributed by atoms with E-state index in [1.54, 1.807) is 0 Å². The molecule has 264 valence electrons. The summed E-state index contributed by atoms with van der Waals surface area (Å²) < 4.78 is 0. The zero-order valence-electron chi connectivity index (χ0n) is 32.0. The van der Waals surface area contributed by atoms with Gasteiger partial charge in [-0.25, -0.2) is 0 Å². The predicted molar refractivity (Wildman–Crippen MR) is 213 cm³/mol. The van der Waals surface area contributed by atoms with Gasteiger partial charge in [-0.05, 0) is 132 Å². The zero-order chi connectivity index (χ0) is 34.9. The van der Waals surface area contributed by atoms with Crippen LogP contribution in [0.15, 0.2) is 66.8 Å². The van der Waals surface area contributed by atoms with Crippen LogP contribution in [-0.2, 0) is 19.4 Å². The van der Waals surface area contributed by atoms with Crippen LogP contribution in [0.3, 0.4) is 0 Å². The molecule has 0 bridgehead atoms. The van der Waals surface area contributed by atoms with E-state index >= 15 is 0 Å². The first-order chi connectivity index (χ1) is 22.5. The van der Waals surface area contributed by atoms with Crippen LogP contribution in [0.4, 0.5) is 0 Å². The van der Waals surface area contributed by atoms with Crippen LogP contribution < -0.4 is 0 Å². The first kappa shape index (κ1) is 42.7. The Balaban J connectivity index is 2.37. The van der Waals surface area contributed by atoms with Gasteiger partial charge in [0, 0.05) is 6.54 Å². The van der Waals surface area contributed by atoms with E-state index in [0.29, 0.717) is 11.8 Å². The molecular formula is C46H75N. The van der Waals surface area contributed by atoms with Gasteiger partial charge in [-0.3, -0.25) is 0 Å². The number of benzene rings is 1. The second-order valence-corrected chi connectivity index (χ2v) is 15.2. The van der Waals surface area contributed by atoms with Gasteiger partial charge in [0.25, 0.3) is 0 Å². The third-order valence-corrected chi connectivity index (χ3v) is 9.78. The molecular weight excluding hydrogens is 567 g/mol. The average molecular weight is 642 g/mol. The molecule has 1 rings (SSSR count). The Hall–Kier alpha value is -2.30. The van der Waals surface area contributed by atoms with Crippen LogP contribution in [0.5, 0.6) is 0 Å². The molecule has 0 radical (unpaired) electrons. The van der Waals surface area contributed by atoms with Crippen molar-refractivity contribution >= 4 is 0 Å². The highest BCUT2D eigenvalue weighted by Gasteiger charge is 2.11. The summed E-state index contributed by atoms with van der Waals surface area (Å²) in [5.74, 6) is 3.95. The third kappa shape index (κ3) is 22.8. The Labute approximate surface area is 294 Å². The molecule has 0 heterocycles. The molecule has 0 N–H and O–H groups in total. The molecule has 1 heteroatoms. The van der Waals surface area contributed by atoms with Crippen LogP contribution in [0, 0.1) is 24.2 Å². The largest absolute Gasteiger partial charge is 0.305 e. The lowest BCUT2D eigenvalue weighted by atomic mass is 9.90. The highest BCUT2D eigenvalue weighted by atomic mass is 15.0. The molecule has 47 heavy (non-hydrogen) atoms. The van der Waals surface area contributed by atoms with Crippen molar-refractivity contribution in [2.45, 2.75) is 169 Å². The van der Waals surface area contributed by atoms with Gasteiger partial charge in [-0.1, -0.05) is 146 Å². The van der Waals surface area contributed by atoms with Crippen LogP contribution in [0.1, 0.15) is 166 Å². The van der Waals surface area contributed by atoms with Gasteiger partial charge in [0.1, 0.15) is 0 Å². The van der Waals surface area contributed by atoms with Gasteiger partial charge >= 0.3 is 0 Å². The molecule has 1 nitrogen and oxygen atoms in total. The third-order valence-electron chi connectivity index (χ3n) is 9.78. The topological polar surface area (TPSA) is 3.24 Å². The number of allylic oxidation sites excluding steroid dienone is 4. The lowest BCUT2D eigenvalue weighted by molar-refractivity contribution is 0.402. The molecule has 0 saturated carbocycles. The molecule has 0 fully saturated rings. The van der Waals surface area contributed by atoms with E-state index in [4.69, 9.17) is 6.42 Å². The van der Waals surface area contributed by atoms with Crippen LogP contribution in [0.2, 0.25) is 0 Å². The van der Waals surface area contributed by atoms with Gasteiger partial charge in [0.05, 0.1) is 0 Å². The summed E-state index contributed by atoms with van der Waals surface area (Å²) in [5.41, 5.74) is 9.50. The molecule has 0 amide bonds. The number of terminal acetylenes is 1. The van der Waals surface area contributed by atoms with Crippen molar-refractivity contribution in [3.63, 3.8) is 0 Å². The van der Waals surface area contributed by atoms with Crippen molar-refractivity contribution in [3.8, 4) is 12.3 Å². The van der Waals surface area contributed by atoms with Crippen LogP contribution in [-0.4, -0.2) is 19.0 Å². The zero-order valence-corrected chi connectivity index (χ0v) is 32.0. The highest BCUT2D eigenvalue weighted by molar-refractivity contribution is 5.31. The standard InChI is InChI=1S/C46H75N/c1-11-13-14-15-16-17-21-28-42(7)43(8)29-22-19-18-20-27-40(5)32-41(6)33-45-34-44(35-46(36-45)37-47(9)10)31-30-39(4)26-24-23-25-38(3)12-2/h2,34-36,41-42H,3-5,8,11,13-33,37H2,1,6-7,9-10H3. The summed E-state index contributed by atoms with van der Waals surface area (Å²) in [6.07, 6.45) is 32.7. The summed E-state index contributed by atoms with van der Waals surface area (Å²) >= 11 is 0. The van der Waals surface area contributed by atoms with E-state index in [0.717, 1.165) is 63.5 Å². The van der Waals surface area contributed by atoms with Crippen molar-refractivity contribution in [3.05, 3.63) is 83.5 Å². The van der Waals surface area contributed by atoms with Crippen molar-refractivity contribution in [1.29, 1.82) is 0 Å².